The molecule has 2 N–H and O–H groups in total. The van der Waals surface area contributed by atoms with Crippen molar-refractivity contribution in [2.24, 2.45) is 0 Å². The van der Waals surface area contributed by atoms with E-state index in [1.54, 1.807) is 13.0 Å². The Labute approximate surface area is 95.5 Å². The Kier molecular flexibility index (Phi) is 3.70. The molecule has 0 aliphatic rings. The van der Waals surface area contributed by atoms with Gasteiger partial charge in [0.25, 0.3) is 0 Å². The summed E-state index contributed by atoms with van der Waals surface area (Å²) in [5.74, 6) is 1.46. The van der Waals surface area contributed by atoms with Crippen LogP contribution in [0.5, 0.6) is 0 Å². The van der Waals surface area contributed by atoms with Gasteiger partial charge in [-0.05, 0) is 25.0 Å². The van der Waals surface area contributed by atoms with E-state index in [9.17, 15) is 9.90 Å². The molecule has 0 fully saturated rings. The number of aliphatic carboxylic acids is 1. The zero-order chi connectivity index (χ0) is 12.2. The lowest BCUT2D eigenvalue weighted by Gasteiger charge is -2.27. The van der Waals surface area contributed by atoms with Crippen molar-refractivity contribution < 1.29 is 9.90 Å². The van der Waals surface area contributed by atoms with Crippen LogP contribution in [-0.2, 0) is 10.3 Å². The number of carbonyl (C=O) groups is 1. The zero-order valence-electron chi connectivity index (χ0n) is 9.45. The van der Waals surface area contributed by atoms with Gasteiger partial charge in [0.05, 0.1) is 6.54 Å². The minimum atomic E-state index is -1.14. The lowest BCUT2D eigenvalue weighted by Crippen LogP contribution is -2.47. The van der Waals surface area contributed by atoms with Gasteiger partial charge in [0, 0.05) is 0 Å². The van der Waals surface area contributed by atoms with E-state index in [0.717, 1.165) is 11.1 Å². The highest BCUT2D eigenvalue weighted by Gasteiger charge is 2.35. The first-order valence-electron chi connectivity index (χ1n) is 5.00. The molecule has 1 atom stereocenters. The van der Waals surface area contributed by atoms with Crippen LogP contribution in [0.3, 0.4) is 0 Å². The average molecular weight is 217 g/mol. The summed E-state index contributed by atoms with van der Waals surface area (Å²) in [6.45, 7) is 3.72. The summed E-state index contributed by atoms with van der Waals surface area (Å²) >= 11 is 0. The molecular formula is C13H15NO2. The Balaban J connectivity index is 3.17. The Morgan fingerprint density at radius 3 is 2.69 bits per heavy atom. The van der Waals surface area contributed by atoms with Crippen LogP contribution < -0.4 is 5.32 Å². The predicted octanol–water partition coefficient (Wildman–Crippen LogP) is 1.52. The van der Waals surface area contributed by atoms with Gasteiger partial charge in [-0.15, -0.1) is 6.42 Å². The number of carboxylic acids is 1. The summed E-state index contributed by atoms with van der Waals surface area (Å²) in [7, 11) is 0. The number of terminal acetylenes is 1. The standard InChI is InChI=1S/C13H15NO2/c1-4-9-14-13(3,12(15)16)11-8-6-5-7-10(11)2/h1,5-8,14H,9H2,2-3H3,(H,15,16). The van der Waals surface area contributed by atoms with Crippen LogP contribution in [0, 0.1) is 19.3 Å². The molecule has 1 rings (SSSR count). The molecule has 3 heteroatoms. The van der Waals surface area contributed by atoms with Gasteiger partial charge in [0.15, 0.2) is 0 Å². The topological polar surface area (TPSA) is 49.3 Å². The summed E-state index contributed by atoms with van der Waals surface area (Å²) in [4.78, 5) is 11.3. The molecule has 1 aromatic carbocycles. The quantitative estimate of drug-likeness (QED) is 0.752. The van der Waals surface area contributed by atoms with E-state index in [0.29, 0.717) is 0 Å². The maximum atomic E-state index is 11.3. The molecule has 0 radical (unpaired) electrons. The van der Waals surface area contributed by atoms with E-state index in [1.807, 2.05) is 25.1 Å². The van der Waals surface area contributed by atoms with Crippen molar-refractivity contribution >= 4 is 5.97 Å². The summed E-state index contributed by atoms with van der Waals surface area (Å²) in [5.41, 5.74) is 0.521. The summed E-state index contributed by atoms with van der Waals surface area (Å²) in [6, 6.07) is 7.38. The monoisotopic (exact) mass is 217 g/mol. The molecule has 16 heavy (non-hydrogen) atoms. The molecule has 0 saturated carbocycles. The van der Waals surface area contributed by atoms with Crippen LogP contribution in [0.2, 0.25) is 0 Å². The normalized spacial score (nSPS) is 13.8. The van der Waals surface area contributed by atoms with E-state index in [2.05, 4.69) is 11.2 Å². The number of hydrogen-bond donors (Lipinski definition) is 2. The highest BCUT2D eigenvalue weighted by molar-refractivity contribution is 5.80. The Hall–Kier alpha value is -1.79. The fraction of sp³-hybridized carbons (Fsp3) is 0.308. The van der Waals surface area contributed by atoms with Gasteiger partial charge in [0.2, 0.25) is 0 Å². The lowest BCUT2D eigenvalue weighted by atomic mass is 9.88. The molecule has 0 saturated heterocycles. The summed E-state index contributed by atoms with van der Waals surface area (Å²) < 4.78 is 0. The number of benzene rings is 1. The Bertz CT molecular complexity index is 434. The van der Waals surface area contributed by atoms with Gasteiger partial charge in [-0.1, -0.05) is 30.2 Å². The van der Waals surface area contributed by atoms with Crippen molar-refractivity contribution in [3.8, 4) is 12.3 Å². The molecule has 0 amide bonds. The molecule has 1 aromatic rings. The number of rotatable bonds is 4. The molecule has 1 unspecified atom stereocenters. The molecule has 0 bridgehead atoms. The molecule has 0 aromatic heterocycles. The maximum Gasteiger partial charge on any atom is 0.328 e. The van der Waals surface area contributed by atoms with Crippen LogP contribution in [0.4, 0.5) is 0 Å². The highest BCUT2D eigenvalue weighted by Crippen LogP contribution is 2.24. The Morgan fingerprint density at radius 2 is 2.19 bits per heavy atom. The number of aryl methyl sites for hydroxylation is 1. The SMILES string of the molecule is C#CCNC(C)(C(=O)O)c1ccccc1C. The molecule has 0 aliphatic carbocycles. The van der Waals surface area contributed by atoms with Gasteiger partial charge in [-0.3, -0.25) is 5.32 Å². The Morgan fingerprint density at radius 1 is 1.56 bits per heavy atom. The summed E-state index contributed by atoms with van der Waals surface area (Å²) in [5, 5.41) is 12.2. The smallest absolute Gasteiger partial charge is 0.328 e. The zero-order valence-corrected chi connectivity index (χ0v) is 9.45. The molecule has 0 spiro atoms. The fourth-order valence-electron chi connectivity index (χ4n) is 1.65. The van der Waals surface area contributed by atoms with Crippen LogP contribution in [0.15, 0.2) is 24.3 Å². The molecule has 3 nitrogen and oxygen atoms in total. The van der Waals surface area contributed by atoms with Crippen molar-refractivity contribution in [2.75, 3.05) is 6.54 Å². The van der Waals surface area contributed by atoms with E-state index in [-0.39, 0.29) is 6.54 Å². The third kappa shape index (κ3) is 2.23. The molecular weight excluding hydrogens is 202 g/mol. The first-order valence-corrected chi connectivity index (χ1v) is 5.00. The second-order valence-corrected chi connectivity index (χ2v) is 3.80. The van der Waals surface area contributed by atoms with Crippen molar-refractivity contribution in [3.63, 3.8) is 0 Å². The van der Waals surface area contributed by atoms with E-state index in [4.69, 9.17) is 6.42 Å². The van der Waals surface area contributed by atoms with Gasteiger partial charge in [-0.2, -0.15) is 0 Å². The van der Waals surface area contributed by atoms with E-state index in [1.165, 1.54) is 0 Å². The minimum absolute atomic E-state index is 0.219. The van der Waals surface area contributed by atoms with Crippen molar-refractivity contribution in [1.29, 1.82) is 0 Å². The van der Waals surface area contributed by atoms with Crippen LogP contribution >= 0.6 is 0 Å². The first kappa shape index (κ1) is 12.3. The number of hydrogen-bond acceptors (Lipinski definition) is 2. The maximum absolute atomic E-state index is 11.3. The molecule has 0 aliphatic heterocycles. The number of carboxylic acid groups (broad SMARTS) is 1. The van der Waals surface area contributed by atoms with Crippen LogP contribution in [-0.4, -0.2) is 17.6 Å². The fourth-order valence-corrected chi connectivity index (χ4v) is 1.65. The van der Waals surface area contributed by atoms with Crippen molar-refractivity contribution in [3.05, 3.63) is 35.4 Å². The van der Waals surface area contributed by atoms with Crippen LogP contribution in [0.1, 0.15) is 18.1 Å². The van der Waals surface area contributed by atoms with Crippen molar-refractivity contribution in [1.82, 2.24) is 5.32 Å². The van der Waals surface area contributed by atoms with Gasteiger partial charge >= 0.3 is 5.97 Å². The average Bonchev–Trinajstić information content (AvgIpc) is 2.26. The van der Waals surface area contributed by atoms with Gasteiger partial charge in [0.1, 0.15) is 5.54 Å². The van der Waals surface area contributed by atoms with Crippen molar-refractivity contribution in [2.45, 2.75) is 19.4 Å². The summed E-state index contributed by atoms with van der Waals surface area (Å²) in [6.07, 6.45) is 5.15. The third-order valence-electron chi connectivity index (χ3n) is 2.66. The van der Waals surface area contributed by atoms with Gasteiger partial charge < -0.3 is 5.11 Å². The first-order chi connectivity index (χ1) is 7.52. The molecule has 84 valence electrons. The predicted molar refractivity (Wildman–Crippen MR) is 63.0 cm³/mol. The minimum Gasteiger partial charge on any atom is -0.480 e. The second-order valence-electron chi connectivity index (χ2n) is 3.80. The largest absolute Gasteiger partial charge is 0.480 e. The highest BCUT2D eigenvalue weighted by atomic mass is 16.4. The van der Waals surface area contributed by atoms with E-state index < -0.39 is 11.5 Å². The van der Waals surface area contributed by atoms with Crippen LogP contribution in [0.25, 0.3) is 0 Å². The van der Waals surface area contributed by atoms with E-state index >= 15 is 0 Å². The third-order valence-corrected chi connectivity index (χ3v) is 2.66. The molecule has 0 heterocycles. The lowest BCUT2D eigenvalue weighted by molar-refractivity contribution is -0.144. The number of nitrogens with one attached hydrogen (secondary N) is 1. The van der Waals surface area contributed by atoms with Gasteiger partial charge in [-0.25, -0.2) is 4.79 Å². The second kappa shape index (κ2) is 4.82.